The lowest BCUT2D eigenvalue weighted by Crippen LogP contribution is -2.43. The maximum atomic E-state index is 13.2. The van der Waals surface area contributed by atoms with Gasteiger partial charge in [-0.2, -0.15) is 0 Å². The van der Waals surface area contributed by atoms with Crippen molar-refractivity contribution >= 4 is 11.8 Å². The second-order valence-corrected chi connectivity index (χ2v) is 7.72. The van der Waals surface area contributed by atoms with Crippen molar-refractivity contribution in [2.75, 3.05) is 5.32 Å². The monoisotopic (exact) mass is 433 g/mol. The van der Waals surface area contributed by atoms with Crippen LogP contribution in [0.15, 0.2) is 75.5 Å². The fraction of sp³-hybridized carbons (Fsp3) is 0.208. The third-order valence-corrected chi connectivity index (χ3v) is 5.65. The molecule has 0 saturated carbocycles. The first-order chi connectivity index (χ1) is 15.3. The molecular formula is C24H23N3O5. The number of rotatable bonds is 4. The van der Waals surface area contributed by atoms with Crippen molar-refractivity contribution in [1.82, 2.24) is 9.13 Å². The van der Waals surface area contributed by atoms with Gasteiger partial charge in [-0.05, 0) is 30.2 Å². The predicted molar refractivity (Wildman–Crippen MR) is 119 cm³/mol. The van der Waals surface area contributed by atoms with Gasteiger partial charge in [-0.15, -0.1) is 0 Å². The number of aromatic nitrogens is 2. The van der Waals surface area contributed by atoms with Crippen LogP contribution < -0.4 is 16.6 Å². The molecule has 1 atom stereocenters. The SMILES string of the molecule is CC1=C(C(=O)OCc2ccccc2)C(c2ccc(O)cc2)c2c(n(C)c(=O)n(C)c2=O)N1. The summed E-state index contributed by atoms with van der Waals surface area (Å²) >= 11 is 0. The van der Waals surface area contributed by atoms with Gasteiger partial charge in [0, 0.05) is 19.8 Å². The predicted octanol–water partition coefficient (Wildman–Crippen LogP) is 2.36. The number of nitrogens with one attached hydrogen (secondary N) is 1. The first kappa shape index (κ1) is 21.2. The molecule has 3 aromatic rings. The van der Waals surface area contributed by atoms with E-state index in [1.165, 1.54) is 23.7 Å². The molecule has 2 heterocycles. The zero-order chi connectivity index (χ0) is 23.0. The number of fused-ring (bicyclic) bond motifs is 1. The number of carbonyl (C=O) groups is 1. The van der Waals surface area contributed by atoms with Gasteiger partial charge in [0.25, 0.3) is 5.56 Å². The molecule has 1 unspecified atom stereocenters. The zero-order valence-corrected chi connectivity index (χ0v) is 18.0. The summed E-state index contributed by atoms with van der Waals surface area (Å²) in [6.07, 6.45) is 0. The Morgan fingerprint density at radius 2 is 1.69 bits per heavy atom. The van der Waals surface area contributed by atoms with Gasteiger partial charge < -0.3 is 15.2 Å². The van der Waals surface area contributed by atoms with Gasteiger partial charge in [-0.1, -0.05) is 42.5 Å². The minimum atomic E-state index is -0.777. The second-order valence-electron chi connectivity index (χ2n) is 7.72. The largest absolute Gasteiger partial charge is 0.508 e. The Bertz CT molecular complexity index is 1340. The van der Waals surface area contributed by atoms with Crippen molar-refractivity contribution in [2.45, 2.75) is 19.4 Å². The normalized spacial score (nSPS) is 15.2. The van der Waals surface area contributed by atoms with E-state index in [2.05, 4.69) is 5.32 Å². The van der Waals surface area contributed by atoms with Gasteiger partial charge in [-0.3, -0.25) is 13.9 Å². The highest BCUT2D eigenvalue weighted by molar-refractivity contribution is 5.94. The summed E-state index contributed by atoms with van der Waals surface area (Å²) in [5.41, 5.74) is 1.49. The van der Waals surface area contributed by atoms with Crippen molar-refractivity contribution in [2.24, 2.45) is 14.1 Å². The summed E-state index contributed by atoms with van der Waals surface area (Å²) in [6, 6.07) is 15.6. The Morgan fingerprint density at radius 1 is 1.03 bits per heavy atom. The van der Waals surface area contributed by atoms with Crippen LogP contribution >= 0.6 is 0 Å². The van der Waals surface area contributed by atoms with E-state index >= 15 is 0 Å². The van der Waals surface area contributed by atoms with E-state index < -0.39 is 23.1 Å². The average Bonchev–Trinajstić information content (AvgIpc) is 2.80. The summed E-state index contributed by atoms with van der Waals surface area (Å²) in [5, 5.41) is 12.8. The number of nitrogens with zero attached hydrogens (tertiary/aromatic N) is 2. The lowest BCUT2D eigenvalue weighted by Gasteiger charge is -2.30. The zero-order valence-electron chi connectivity index (χ0n) is 18.0. The van der Waals surface area contributed by atoms with Crippen LogP contribution in [0.3, 0.4) is 0 Å². The third kappa shape index (κ3) is 3.60. The molecule has 2 N–H and O–H groups in total. The molecule has 0 radical (unpaired) electrons. The van der Waals surface area contributed by atoms with Gasteiger partial charge in [0.15, 0.2) is 0 Å². The number of ether oxygens (including phenoxy) is 1. The number of phenolic OH excluding ortho intramolecular Hbond substituents is 1. The van der Waals surface area contributed by atoms with E-state index in [1.807, 2.05) is 30.3 Å². The fourth-order valence-corrected chi connectivity index (χ4v) is 3.96. The number of phenols is 1. The second kappa shape index (κ2) is 8.22. The molecule has 164 valence electrons. The first-order valence-corrected chi connectivity index (χ1v) is 10.1. The quantitative estimate of drug-likeness (QED) is 0.613. The van der Waals surface area contributed by atoms with Crippen molar-refractivity contribution in [1.29, 1.82) is 0 Å². The Hall–Kier alpha value is -4.07. The van der Waals surface area contributed by atoms with E-state index in [9.17, 15) is 19.5 Å². The molecule has 4 rings (SSSR count). The number of esters is 1. The summed E-state index contributed by atoms with van der Waals surface area (Å²) in [6.45, 7) is 1.79. The lowest BCUT2D eigenvalue weighted by molar-refractivity contribution is -0.140. The standard InChI is InChI=1S/C24H23N3O5/c1-14-18(23(30)32-13-15-7-5-4-6-8-15)19(16-9-11-17(28)12-10-16)20-21(25-14)26(2)24(31)27(3)22(20)29/h4-12,19,25,28H,13H2,1-3H3. The molecule has 0 spiro atoms. The molecule has 32 heavy (non-hydrogen) atoms. The first-order valence-electron chi connectivity index (χ1n) is 10.1. The molecule has 0 saturated heterocycles. The van der Waals surface area contributed by atoms with Crippen LogP contribution in [0.1, 0.15) is 29.5 Å². The van der Waals surface area contributed by atoms with Crippen molar-refractivity contribution in [3.63, 3.8) is 0 Å². The van der Waals surface area contributed by atoms with E-state index in [-0.39, 0.29) is 23.5 Å². The van der Waals surface area contributed by atoms with Crippen LogP contribution in [0.5, 0.6) is 5.75 Å². The molecule has 0 aliphatic carbocycles. The van der Waals surface area contributed by atoms with Gasteiger partial charge >= 0.3 is 11.7 Å². The van der Waals surface area contributed by atoms with Crippen LogP contribution in [-0.4, -0.2) is 20.2 Å². The summed E-state index contributed by atoms with van der Waals surface area (Å²) in [5.74, 6) is -0.961. The van der Waals surface area contributed by atoms with Crippen LogP contribution in [-0.2, 0) is 30.2 Å². The van der Waals surface area contributed by atoms with Gasteiger partial charge in [-0.25, -0.2) is 9.59 Å². The van der Waals surface area contributed by atoms with Crippen molar-refractivity contribution in [3.8, 4) is 5.75 Å². The molecule has 0 fully saturated rings. The van der Waals surface area contributed by atoms with E-state index in [0.717, 1.165) is 10.1 Å². The smallest absolute Gasteiger partial charge is 0.337 e. The Labute approximate surface area is 184 Å². The average molecular weight is 433 g/mol. The number of carbonyl (C=O) groups excluding carboxylic acids is 1. The molecule has 0 bridgehead atoms. The Morgan fingerprint density at radius 3 is 2.34 bits per heavy atom. The number of hydrogen-bond donors (Lipinski definition) is 2. The molecule has 1 aromatic heterocycles. The van der Waals surface area contributed by atoms with Crippen LogP contribution in [0.25, 0.3) is 0 Å². The number of anilines is 1. The summed E-state index contributed by atoms with van der Waals surface area (Å²) < 4.78 is 7.95. The molecular weight excluding hydrogens is 410 g/mol. The summed E-state index contributed by atoms with van der Waals surface area (Å²) in [7, 11) is 2.96. The molecule has 0 amide bonds. The Kier molecular flexibility index (Phi) is 5.44. The van der Waals surface area contributed by atoms with Gasteiger partial charge in [0.1, 0.15) is 18.2 Å². The highest BCUT2D eigenvalue weighted by atomic mass is 16.5. The van der Waals surface area contributed by atoms with Crippen LogP contribution in [0.4, 0.5) is 5.82 Å². The number of allylic oxidation sites excluding steroid dienone is 1. The maximum Gasteiger partial charge on any atom is 0.337 e. The van der Waals surface area contributed by atoms with Gasteiger partial charge in [0.2, 0.25) is 0 Å². The van der Waals surface area contributed by atoms with E-state index in [1.54, 1.807) is 26.1 Å². The van der Waals surface area contributed by atoms with Crippen LogP contribution in [0, 0.1) is 0 Å². The number of aromatic hydroxyl groups is 1. The van der Waals surface area contributed by atoms with Crippen molar-refractivity contribution < 1.29 is 14.6 Å². The minimum absolute atomic E-state index is 0.0603. The van der Waals surface area contributed by atoms with Gasteiger partial charge in [0.05, 0.1) is 17.1 Å². The number of hydrogen-bond acceptors (Lipinski definition) is 6. The molecule has 8 heteroatoms. The molecule has 8 nitrogen and oxygen atoms in total. The highest BCUT2D eigenvalue weighted by Gasteiger charge is 2.37. The molecule has 1 aliphatic rings. The third-order valence-electron chi connectivity index (χ3n) is 5.65. The maximum absolute atomic E-state index is 13.2. The topological polar surface area (TPSA) is 103 Å². The lowest BCUT2D eigenvalue weighted by atomic mass is 9.82. The summed E-state index contributed by atoms with van der Waals surface area (Å²) in [4.78, 5) is 38.9. The van der Waals surface area contributed by atoms with Crippen molar-refractivity contribution in [3.05, 3.63) is 103 Å². The van der Waals surface area contributed by atoms with Crippen LogP contribution in [0.2, 0.25) is 0 Å². The fourth-order valence-electron chi connectivity index (χ4n) is 3.96. The molecule has 1 aliphatic heterocycles. The molecule has 2 aromatic carbocycles. The minimum Gasteiger partial charge on any atom is -0.508 e. The number of benzene rings is 2. The van der Waals surface area contributed by atoms with E-state index in [4.69, 9.17) is 4.74 Å². The highest BCUT2D eigenvalue weighted by Crippen LogP contribution is 2.40. The Balaban J connectivity index is 1.86. The van der Waals surface area contributed by atoms with E-state index in [0.29, 0.717) is 17.1 Å².